The summed E-state index contributed by atoms with van der Waals surface area (Å²) >= 11 is 1.61. The first-order valence-electron chi connectivity index (χ1n) is 5.35. The average Bonchev–Trinajstić information content (AvgIpc) is 2.78. The van der Waals surface area contributed by atoms with E-state index in [1.807, 2.05) is 16.8 Å². The zero-order valence-corrected chi connectivity index (χ0v) is 10.3. The molecule has 0 aliphatic rings. The largest absolute Gasteiger partial charge is 0.489 e. The number of hydrogen-bond acceptors (Lipinski definition) is 3. The maximum Gasteiger partial charge on any atom is 0.131 e. The third-order valence-corrected chi connectivity index (χ3v) is 3.18. The Morgan fingerprint density at radius 3 is 2.82 bits per heavy atom. The Hall–Kier alpha value is -1.39. The van der Waals surface area contributed by atoms with Crippen LogP contribution in [0.15, 0.2) is 35.0 Å². The van der Waals surface area contributed by atoms with Crippen LogP contribution in [0.5, 0.6) is 5.75 Å². The van der Waals surface area contributed by atoms with E-state index < -0.39 is 0 Å². The predicted octanol–water partition coefficient (Wildman–Crippen LogP) is 3.49. The Morgan fingerprint density at radius 1 is 1.41 bits per heavy atom. The van der Waals surface area contributed by atoms with Crippen molar-refractivity contribution < 1.29 is 9.13 Å². The maximum atomic E-state index is 13.6. The van der Waals surface area contributed by atoms with Gasteiger partial charge >= 0.3 is 0 Å². The molecule has 0 fully saturated rings. The number of benzene rings is 1. The van der Waals surface area contributed by atoms with Gasteiger partial charge in [-0.05, 0) is 35.4 Å². The van der Waals surface area contributed by atoms with Crippen LogP contribution in [0.25, 0.3) is 0 Å². The molecule has 2 N–H and O–H groups in total. The van der Waals surface area contributed by atoms with Crippen LogP contribution in [-0.4, -0.2) is 0 Å². The van der Waals surface area contributed by atoms with Crippen LogP contribution < -0.4 is 10.5 Å². The SMILES string of the molecule is CC(N)c1ccc(OCc2ccsc2)cc1F. The fourth-order valence-corrected chi connectivity index (χ4v) is 2.16. The van der Waals surface area contributed by atoms with Crippen molar-refractivity contribution in [1.29, 1.82) is 0 Å². The highest BCUT2D eigenvalue weighted by Crippen LogP contribution is 2.21. The molecule has 1 aromatic carbocycles. The second-order valence-electron chi connectivity index (χ2n) is 3.89. The van der Waals surface area contributed by atoms with Gasteiger partial charge < -0.3 is 10.5 Å². The van der Waals surface area contributed by atoms with Crippen LogP contribution in [0.2, 0.25) is 0 Å². The molecule has 0 aliphatic heterocycles. The third kappa shape index (κ3) is 3.05. The van der Waals surface area contributed by atoms with E-state index in [2.05, 4.69) is 0 Å². The summed E-state index contributed by atoms with van der Waals surface area (Å²) in [6, 6.07) is 6.47. The molecule has 0 spiro atoms. The molecule has 1 aromatic heterocycles. The lowest BCUT2D eigenvalue weighted by Crippen LogP contribution is -2.07. The summed E-state index contributed by atoms with van der Waals surface area (Å²) in [7, 11) is 0. The molecule has 2 rings (SSSR count). The predicted molar refractivity (Wildman–Crippen MR) is 67.7 cm³/mol. The van der Waals surface area contributed by atoms with E-state index in [-0.39, 0.29) is 11.9 Å². The normalized spacial score (nSPS) is 12.4. The molecular weight excluding hydrogens is 237 g/mol. The second-order valence-corrected chi connectivity index (χ2v) is 4.67. The Balaban J connectivity index is 2.05. The van der Waals surface area contributed by atoms with Crippen LogP contribution in [-0.2, 0) is 6.61 Å². The van der Waals surface area contributed by atoms with Gasteiger partial charge in [-0.25, -0.2) is 4.39 Å². The quantitative estimate of drug-likeness (QED) is 0.902. The molecular formula is C13H14FNOS. The van der Waals surface area contributed by atoms with Crippen molar-refractivity contribution in [2.75, 3.05) is 0 Å². The van der Waals surface area contributed by atoms with Crippen molar-refractivity contribution in [3.8, 4) is 5.75 Å². The zero-order chi connectivity index (χ0) is 12.3. The summed E-state index contributed by atoms with van der Waals surface area (Å²) in [5, 5.41) is 3.99. The van der Waals surface area contributed by atoms with Crippen molar-refractivity contribution in [2.24, 2.45) is 5.73 Å². The molecule has 0 radical (unpaired) electrons. The maximum absolute atomic E-state index is 13.6. The van der Waals surface area contributed by atoms with Gasteiger partial charge in [0.2, 0.25) is 0 Å². The number of halogens is 1. The van der Waals surface area contributed by atoms with E-state index in [1.54, 1.807) is 30.4 Å². The van der Waals surface area contributed by atoms with Crippen molar-refractivity contribution in [3.05, 3.63) is 52.0 Å². The summed E-state index contributed by atoms with van der Waals surface area (Å²) < 4.78 is 19.1. The lowest BCUT2D eigenvalue weighted by Gasteiger charge is -2.10. The van der Waals surface area contributed by atoms with Crippen molar-refractivity contribution in [3.63, 3.8) is 0 Å². The van der Waals surface area contributed by atoms with Crippen LogP contribution in [0, 0.1) is 5.82 Å². The van der Waals surface area contributed by atoms with Gasteiger partial charge in [-0.1, -0.05) is 6.07 Å². The first kappa shape index (κ1) is 12.1. The lowest BCUT2D eigenvalue weighted by atomic mass is 10.1. The van der Waals surface area contributed by atoms with E-state index >= 15 is 0 Å². The minimum atomic E-state index is -0.317. The molecule has 2 aromatic rings. The van der Waals surface area contributed by atoms with Gasteiger partial charge in [-0.2, -0.15) is 11.3 Å². The Bertz CT molecular complexity index is 482. The number of thiophene rings is 1. The third-order valence-electron chi connectivity index (χ3n) is 2.45. The highest BCUT2D eigenvalue weighted by molar-refractivity contribution is 7.07. The van der Waals surface area contributed by atoms with Gasteiger partial charge in [0.05, 0.1) is 0 Å². The highest BCUT2D eigenvalue weighted by atomic mass is 32.1. The first-order valence-corrected chi connectivity index (χ1v) is 6.30. The van der Waals surface area contributed by atoms with Gasteiger partial charge in [0.15, 0.2) is 0 Å². The summed E-state index contributed by atoms with van der Waals surface area (Å²) in [6.45, 7) is 2.21. The van der Waals surface area contributed by atoms with Crippen LogP contribution in [0.4, 0.5) is 4.39 Å². The first-order chi connectivity index (χ1) is 8.16. The molecule has 1 heterocycles. The molecule has 0 amide bonds. The fraction of sp³-hybridized carbons (Fsp3) is 0.231. The molecule has 1 atom stereocenters. The number of rotatable bonds is 4. The van der Waals surface area contributed by atoms with Gasteiger partial charge in [0.25, 0.3) is 0 Å². The standard InChI is InChI=1S/C13H14FNOS/c1-9(15)12-3-2-11(6-13(12)14)16-7-10-4-5-17-8-10/h2-6,8-9H,7,15H2,1H3. The molecule has 0 saturated carbocycles. The molecule has 17 heavy (non-hydrogen) atoms. The van der Waals surface area contributed by atoms with Gasteiger partial charge in [-0.3, -0.25) is 0 Å². The van der Waals surface area contributed by atoms with Crippen LogP contribution in [0.1, 0.15) is 24.1 Å². The monoisotopic (exact) mass is 251 g/mol. The van der Waals surface area contributed by atoms with Crippen molar-refractivity contribution in [2.45, 2.75) is 19.6 Å². The topological polar surface area (TPSA) is 35.2 Å². The lowest BCUT2D eigenvalue weighted by molar-refractivity contribution is 0.305. The van der Waals surface area contributed by atoms with Crippen molar-refractivity contribution >= 4 is 11.3 Å². The fourth-order valence-electron chi connectivity index (χ4n) is 1.51. The van der Waals surface area contributed by atoms with Crippen LogP contribution in [0.3, 0.4) is 0 Å². The van der Waals surface area contributed by atoms with Gasteiger partial charge in [-0.15, -0.1) is 0 Å². The summed E-state index contributed by atoms with van der Waals surface area (Å²) in [5.74, 6) is 0.209. The zero-order valence-electron chi connectivity index (χ0n) is 9.52. The second kappa shape index (κ2) is 5.29. The molecule has 0 bridgehead atoms. The minimum Gasteiger partial charge on any atom is -0.489 e. The van der Waals surface area contributed by atoms with E-state index in [0.29, 0.717) is 17.9 Å². The molecule has 0 saturated heterocycles. The molecule has 90 valence electrons. The Labute approximate surface area is 104 Å². The van der Waals surface area contributed by atoms with Crippen LogP contribution >= 0.6 is 11.3 Å². The van der Waals surface area contributed by atoms with E-state index in [9.17, 15) is 4.39 Å². The van der Waals surface area contributed by atoms with Gasteiger partial charge in [0, 0.05) is 17.7 Å². The number of ether oxygens (including phenoxy) is 1. The molecule has 4 heteroatoms. The van der Waals surface area contributed by atoms with E-state index in [0.717, 1.165) is 5.56 Å². The van der Waals surface area contributed by atoms with E-state index in [1.165, 1.54) is 6.07 Å². The smallest absolute Gasteiger partial charge is 0.131 e. The molecule has 0 aliphatic carbocycles. The Morgan fingerprint density at radius 2 is 2.24 bits per heavy atom. The Kier molecular flexibility index (Phi) is 3.76. The molecule has 2 nitrogen and oxygen atoms in total. The number of hydrogen-bond donors (Lipinski definition) is 1. The van der Waals surface area contributed by atoms with Gasteiger partial charge in [0.1, 0.15) is 18.2 Å². The number of nitrogens with two attached hydrogens (primary N) is 1. The summed E-state index contributed by atoms with van der Waals surface area (Å²) in [4.78, 5) is 0. The molecule has 1 unspecified atom stereocenters. The summed E-state index contributed by atoms with van der Waals surface area (Å²) in [6.07, 6.45) is 0. The highest BCUT2D eigenvalue weighted by Gasteiger charge is 2.08. The average molecular weight is 251 g/mol. The summed E-state index contributed by atoms with van der Waals surface area (Å²) in [5.41, 5.74) is 7.23. The minimum absolute atomic E-state index is 0.305. The van der Waals surface area contributed by atoms with E-state index in [4.69, 9.17) is 10.5 Å². The van der Waals surface area contributed by atoms with Crippen molar-refractivity contribution in [1.82, 2.24) is 0 Å².